The highest BCUT2D eigenvalue weighted by molar-refractivity contribution is 5.75. The Labute approximate surface area is 93.7 Å². The molecule has 0 amide bonds. The summed E-state index contributed by atoms with van der Waals surface area (Å²) in [5.41, 5.74) is 3.62. The second-order valence-corrected chi connectivity index (χ2v) is 3.99. The van der Waals surface area contributed by atoms with Crippen LogP contribution in [-0.2, 0) is 6.42 Å². The molecular weight excluding hydrogens is 200 g/mol. The van der Waals surface area contributed by atoms with E-state index in [1.807, 2.05) is 22.9 Å². The molecule has 16 heavy (non-hydrogen) atoms. The van der Waals surface area contributed by atoms with Crippen molar-refractivity contribution in [3.63, 3.8) is 0 Å². The minimum Gasteiger partial charge on any atom is -0.508 e. The lowest BCUT2D eigenvalue weighted by Crippen LogP contribution is -2.02. The van der Waals surface area contributed by atoms with Crippen molar-refractivity contribution in [2.75, 3.05) is 0 Å². The number of allylic oxidation sites excluding steroid dienone is 1. The SMILES string of the molecule is Oc1ccc2c(c1)C=C(n1ccnc1)CC2. The van der Waals surface area contributed by atoms with E-state index in [4.69, 9.17) is 0 Å². The number of phenols is 1. The Morgan fingerprint density at radius 1 is 1.25 bits per heavy atom. The Morgan fingerprint density at radius 3 is 3.00 bits per heavy atom. The van der Waals surface area contributed by atoms with Crippen LogP contribution in [0.5, 0.6) is 5.75 Å². The first kappa shape index (κ1) is 9.21. The normalized spacial score (nSPS) is 14.4. The molecule has 1 aliphatic carbocycles. The Morgan fingerprint density at radius 2 is 2.19 bits per heavy atom. The maximum absolute atomic E-state index is 9.46. The zero-order chi connectivity index (χ0) is 11.0. The third-order valence-corrected chi connectivity index (χ3v) is 2.94. The van der Waals surface area contributed by atoms with Crippen molar-refractivity contribution in [3.05, 3.63) is 48.0 Å². The maximum Gasteiger partial charge on any atom is 0.116 e. The minimum atomic E-state index is 0.321. The van der Waals surface area contributed by atoms with Crippen LogP contribution in [0.15, 0.2) is 36.9 Å². The summed E-state index contributed by atoms with van der Waals surface area (Å²) in [5.74, 6) is 0.321. The van der Waals surface area contributed by atoms with Crippen molar-refractivity contribution in [2.45, 2.75) is 12.8 Å². The molecule has 3 nitrogen and oxygen atoms in total. The number of rotatable bonds is 1. The first-order chi connectivity index (χ1) is 7.83. The average molecular weight is 212 g/mol. The highest BCUT2D eigenvalue weighted by atomic mass is 16.3. The van der Waals surface area contributed by atoms with Gasteiger partial charge in [0.1, 0.15) is 5.75 Å². The molecule has 3 heteroatoms. The molecule has 1 aromatic heterocycles. The van der Waals surface area contributed by atoms with Gasteiger partial charge in [-0.05, 0) is 42.2 Å². The molecular formula is C13H12N2O. The van der Waals surface area contributed by atoms with Crippen LogP contribution in [0, 0.1) is 0 Å². The Balaban J connectivity index is 2.07. The van der Waals surface area contributed by atoms with Crippen LogP contribution in [0.2, 0.25) is 0 Å². The van der Waals surface area contributed by atoms with Crippen molar-refractivity contribution < 1.29 is 5.11 Å². The molecule has 0 spiro atoms. The second kappa shape index (κ2) is 3.52. The smallest absolute Gasteiger partial charge is 0.116 e. The van der Waals surface area contributed by atoms with Crippen molar-refractivity contribution in [1.29, 1.82) is 0 Å². The van der Waals surface area contributed by atoms with Gasteiger partial charge in [0.15, 0.2) is 0 Å². The van der Waals surface area contributed by atoms with Crippen molar-refractivity contribution >= 4 is 11.8 Å². The number of nitrogens with zero attached hydrogens (tertiary/aromatic N) is 2. The standard InChI is InChI=1S/C13H12N2O/c16-13-4-2-10-1-3-12(7-11(10)8-13)15-6-5-14-9-15/h2,4-9,16H,1,3H2. The van der Waals surface area contributed by atoms with Gasteiger partial charge in [-0.15, -0.1) is 0 Å². The first-order valence-electron chi connectivity index (χ1n) is 5.34. The summed E-state index contributed by atoms with van der Waals surface area (Å²) in [6.07, 6.45) is 9.66. The van der Waals surface area contributed by atoms with Crippen LogP contribution in [0.25, 0.3) is 11.8 Å². The van der Waals surface area contributed by atoms with Gasteiger partial charge in [-0.2, -0.15) is 0 Å². The van der Waals surface area contributed by atoms with Gasteiger partial charge in [0.2, 0.25) is 0 Å². The van der Waals surface area contributed by atoms with Crippen molar-refractivity contribution in [1.82, 2.24) is 9.55 Å². The molecule has 0 saturated carbocycles. The number of imidazole rings is 1. The molecule has 0 aliphatic heterocycles. The van der Waals surface area contributed by atoms with Crippen molar-refractivity contribution in [2.24, 2.45) is 0 Å². The molecule has 1 aromatic carbocycles. The first-order valence-corrected chi connectivity index (χ1v) is 5.34. The van der Waals surface area contributed by atoms with E-state index in [-0.39, 0.29) is 0 Å². The lowest BCUT2D eigenvalue weighted by molar-refractivity contribution is 0.475. The lowest BCUT2D eigenvalue weighted by Gasteiger charge is -2.17. The zero-order valence-corrected chi connectivity index (χ0v) is 8.80. The molecule has 0 unspecified atom stereocenters. The summed E-state index contributed by atoms with van der Waals surface area (Å²) >= 11 is 0. The third-order valence-electron chi connectivity index (χ3n) is 2.94. The summed E-state index contributed by atoms with van der Waals surface area (Å²) in [5, 5.41) is 9.46. The number of aromatic nitrogens is 2. The summed E-state index contributed by atoms with van der Waals surface area (Å²) in [7, 11) is 0. The molecule has 2 aromatic rings. The van der Waals surface area contributed by atoms with Crippen molar-refractivity contribution in [3.8, 4) is 5.75 Å². The van der Waals surface area contributed by atoms with E-state index in [0.717, 1.165) is 18.4 Å². The fourth-order valence-corrected chi connectivity index (χ4v) is 2.09. The number of aryl methyl sites for hydroxylation is 1. The number of aromatic hydroxyl groups is 1. The number of benzene rings is 1. The van der Waals surface area contributed by atoms with E-state index in [1.165, 1.54) is 11.3 Å². The highest BCUT2D eigenvalue weighted by Crippen LogP contribution is 2.28. The van der Waals surface area contributed by atoms with Crippen LogP contribution in [-0.4, -0.2) is 14.7 Å². The van der Waals surface area contributed by atoms with Crippen LogP contribution >= 0.6 is 0 Å². The van der Waals surface area contributed by atoms with Gasteiger partial charge in [0.25, 0.3) is 0 Å². The average Bonchev–Trinajstić information content (AvgIpc) is 2.81. The molecule has 1 heterocycles. The molecule has 1 N–H and O–H groups in total. The molecule has 0 radical (unpaired) electrons. The fraction of sp³-hybridized carbons (Fsp3) is 0.154. The van der Waals surface area contributed by atoms with Gasteiger partial charge in [-0.3, -0.25) is 0 Å². The quantitative estimate of drug-likeness (QED) is 0.788. The maximum atomic E-state index is 9.46. The molecule has 0 fully saturated rings. The predicted molar refractivity (Wildman–Crippen MR) is 62.8 cm³/mol. The predicted octanol–water partition coefficient (Wildman–Crippen LogP) is 2.53. The van der Waals surface area contributed by atoms with Gasteiger partial charge >= 0.3 is 0 Å². The van der Waals surface area contributed by atoms with Gasteiger partial charge in [-0.25, -0.2) is 4.98 Å². The van der Waals surface area contributed by atoms with E-state index >= 15 is 0 Å². The summed E-state index contributed by atoms with van der Waals surface area (Å²) < 4.78 is 2.02. The number of hydrogen-bond acceptors (Lipinski definition) is 2. The van der Waals surface area contributed by atoms with E-state index in [0.29, 0.717) is 5.75 Å². The summed E-state index contributed by atoms with van der Waals surface area (Å²) in [6.45, 7) is 0. The monoisotopic (exact) mass is 212 g/mol. The number of phenolic OH excluding ortho intramolecular Hbond substituents is 1. The topological polar surface area (TPSA) is 38.0 Å². The van der Waals surface area contributed by atoms with E-state index < -0.39 is 0 Å². The minimum absolute atomic E-state index is 0.321. The van der Waals surface area contributed by atoms with Crippen LogP contribution < -0.4 is 0 Å². The van der Waals surface area contributed by atoms with Gasteiger partial charge in [0, 0.05) is 18.1 Å². The summed E-state index contributed by atoms with van der Waals surface area (Å²) in [6, 6.07) is 5.55. The van der Waals surface area contributed by atoms with Crippen LogP contribution in [0.4, 0.5) is 0 Å². The second-order valence-electron chi connectivity index (χ2n) is 3.99. The highest BCUT2D eigenvalue weighted by Gasteiger charge is 2.11. The van der Waals surface area contributed by atoms with Crippen LogP contribution in [0.1, 0.15) is 17.5 Å². The largest absolute Gasteiger partial charge is 0.508 e. The molecule has 0 atom stereocenters. The molecule has 1 aliphatic rings. The molecule has 0 bridgehead atoms. The van der Waals surface area contributed by atoms with E-state index in [2.05, 4.69) is 11.1 Å². The molecule has 3 rings (SSSR count). The zero-order valence-electron chi connectivity index (χ0n) is 8.80. The van der Waals surface area contributed by atoms with Crippen LogP contribution in [0.3, 0.4) is 0 Å². The summed E-state index contributed by atoms with van der Waals surface area (Å²) in [4.78, 5) is 4.04. The van der Waals surface area contributed by atoms with Gasteiger partial charge < -0.3 is 9.67 Å². The Hall–Kier alpha value is -2.03. The van der Waals surface area contributed by atoms with Gasteiger partial charge in [-0.1, -0.05) is 6.07 Å². The number of fused-ring (bicyclic) bond motifs is 1. The Kier molecular flexibility index (Phi) is 2.03. The fourth-order valence-electron chi connectivity index (χ4n) is 2.09. The lowest BCUT2D eigenvalue weighted by atomic mass is 9.95. The third kappa shape index (κ3) is 1.50. The molecule has 0 saturated heterocycles. The number of hydrogen-bond donors (Lipinski definition) is 1. The van der Waals surface area contributed by atoms with E-state index in [1.54, 1.807) is 18.6 Å². The Bertz CT molecular complexity index is 541. The van der Waals surface area contributed by atoms with E-state index in [9.17, 15) is 5.11 Å². The van der Waals surface area contributed by atoms with Gasteiger partial charge in [0.05, 0.1) is 6.33 Å². The molecule has 80 valence electrons.